The second-order valence-corrected chi connectivity index (χ2v) is 5.56. The molecule has 1 fully saturated rings. The maximum atomic E-state index is 13.6. The molecule has 1 aromatic rings. The van der Waals surface area contributed by atoms with Crippen molar-refractivity contribution in [2.45, 2.75) is 25.5 Å². The summed E-state index contributed by atoms with van der Waals surface area (Å²) in [6.07, 6.45) is -0.112. The zero-order valence-electron chi connectivity index (χ0n) is 11.1. The summed E-state index contributed by atoms with van der Waals surface area (Å²) >= 11 is 3.33. The van der Waals surface area contributed by atoms with Gasteiger partial charge in [0.25, 0.3) is 0 Å². The van der Waals surface area contributed by atoms with Crippen LogP contribution in [-0.4, -0.2) is 41.4 Å². The van der Waals surface area contributed by atoms with Gasteiger partial charge in [0, 0.05) is 17.9 Å². The van der Waals surface area contributed by atoms with Crippen molar-refractivity contribution in [1.82, 2.24) is 4.90 Å². The van der Waals surface area contributed by atoms with Crippen LogP contribution in [0.3, 0.4) is 0 Å². The summed E-state index contributed by atoms with van der Waals surface area (Å²) in [6, 6.07) is 3.24. The molecular formula is C14H16BrF2NO2. The molecule has 1 aromatic carbocycles. The highest BCUT2D eigenvalue weighted by Crippen LogP contribution is 2.17. The lowest BCUT2D eigenvalue weighted by Gasteiger charge is -2.37. The number of hydrogen-bond donors (Lipinski definition) is 0. The zero-order chi connectivity index (χ0) is 14.7. The fraction of sp³-hybridized carbons (Fsp3) is 0.500. The molecule has 2 unspecified atom stereocenters. The Balaban J connectivity index is 2.06. The first-order valence-electron chi connectivity index (χ1n) is 6.42. The Morgan fingerprint density at radius 2 is 2.25 bits per heavy atom. The number of rotatable bonds is 3. The van der Waals surface area contributed by atoms with E-state index in [2.05, 4.69) is 15.9 Å². The number of hydrogen-bond acceptors (Lipinski definition) is 2. The summed E-state index contributed by atoms with van der Waals surface area (Å²) < 4.78 is 32.0. The second kappa shape index (κ2) is 6.63. The van der Waals surface area contributed by atoms with Crippen LogP contribution in [-0.2, 0) is 16.0 Å². The molecule has 1 saturated heterocycles. The third-order valence-electron chi connectivity index (χ3n) is 3.35. The lowest BCUT2D eigenvalue weighted by Crippen LogP contribution is -2.52. The zero-order valence-corrected chi connectivity index (χ0v) is 12.7. The fourth-order valence-corrected chi connectivity index (χ4v) is 2.58. The maximum Gasteiger partial charge on any atom is 0.227 e. The lowest BCUT2D eigenvalue weighted by molar-refractivity contribution is -0.142. The predicted molar refractivity (Wildman–Crippen MR) is 74.8 cm³/mol. The number of carbonyl (C=O) groups excluding carboxylic acids is 1. The van der Waals surface area contributed by atoms with Gasteiger partial charge >= 0.3 is 0 Å². The minimum absolute atomic E-state index is 0.0405. The molecule has 110 valence electrons. The first kappa shape index (κ1) is 15.4. The molecule has 2 rings (SSSR count). The van der Waals surface area contributed by atoms with Gasteiger partial charge < -0.3 is 9.64 Å². The minimum Gasteiger partial charge on any atom is -0.373 e. The van der Waals surface area contributed by atoms with E-state index in [0.717, 1.165) is 12.1 Å². The molecule has 1 heterocycles. The molecule has 0 bridgehead atoms. The van der Waals surface area contributed by atoms with E-state index < -0.39 is 11.6 Å². The summed E-state index contributed by atoms with van der Waals surface area (Å²) in [4.78, 5) is 14.0. The predicted octanol–water partition coefficient (Wildman–Crippen LogP) is 2.52. The largest absolute Gasteiger partial charge is 0.373 e. The van der Waals surface area contributed by atoms with E-state index in [1.807, 2.05) is 6.92 Å². The van der Waals surface area contributed by atoms with Crippen LogP contribution in [0.1, 0.15) is 12.5 Å². The molecule has 0 radical (unpaired) electrons. The molecule has 1 aliphatic heterocycles. The van der Waals surface area contributed by atoms with Crippen LogP contribution in [0.2, 0.25) is 0 Å². The molecule has 2 atom stereocenters. The number of nitrogens with zero attached hydrogens (tertiary/aromatic N) is 1. The third-order valence-corrected chi connectivity index (χ3v) is 4.08. The Labute approximate surface area is 125 Å². The SMILES string of the molecule is CC1COC(CBr)CN1C(=O)Cc1ccc(F)cc1F. The van der Waals surface area contributed by atoms with Crippen LogP contribution in [0, 0.1) is 11.6 Å². The number of alkyl halides is 1. The molecule has 0 saturated carbocycles. The van der Waals surface area contributed by atoms with Crippen molar-refractivity contribution in [1.29, 1.82) is 0 Å². The number of morpholine rings is 1. The van der Waals surface area contributed by atoms with Gasteiger partial charge in [0.05, 0.1) is 25.2 Å². The number of benzene rings is 1. The number of halogens is 3. The van der Waals surface area contributed by atoms with E-state index in [1.54, 1.807) is 4.90 Å². The molecule has 0 aliphatic carbocycles. The number of ether oxygens (including phenoxy) is 1. The number of carbonyl (C=O) groups is 1. The molecule has 1 aliphatic rings. The Morgan fingerprint density at radius 3 is 2.90 bits per heavy atom. The van der Waals surface area contributed by atoms with Crippen LogP contribution in [0.4, 0.5) is 8.78 Å². The highest BCUT2D eigenvalue weighted by molar-refractivity contribution is 9.09. The van der Waals surface area contributed by atoms with Gasteiger partial charge in [-0.25, -0.2) is 8.78 Å². The van der Waals surface area contributed by atoms with Crippen molar-refractivity contribution >= 4 is 21.8 Å². The molecule has 0 aromatic heterocycles. The van der Waals surface area contributed by atoms with Gasteiger partial charge in [-0.1, -0.05) is 22.0 Å². The quantitative estimate of drug-likeness (QED) is 0.786. The van der Waals surface area contributed by atoms with Crippen LogP contribution in [0.5, 0.6) is 0 Å². The van der Waals surface area contributed by atoms with E-state index >= 15 is 0 Å². The van der Waals surface area contributed by atoms with Crippen molar-refractivity contribution in [3.63, 3.8) is 0 Å². The summed E-state index contributed by atoms with van der Waals surface area (Å²) in [5.41, 5.74) is 0.213. The van der Waals surface area contributed by atoms with Gasteiger partial charge in [-0.2, -0.15) is 0 Å². The van der Waals surface area contributed by atoms with E-state index in [4.69, 9.17) is 4.74 Å². The van der Waals surface area contributed by atoms with Gasteiger partial charge in [-0.3, -0.25) is 4.79 Å². The van der Waals surface area contributed by atoms with Crippen molar-refractivity contribution in [2.24, 2.45) is 0 Å². The van der Waals surface area contributed by atoms with E-state index in [0.29, 0.717) is 18.5 Å². The van der Waals surface area contributed by atoms with E-state index in [9.17, 15) is 13.6 Å². The summed E-state index contributed by atoms with van der Waals surface area (Å²) in [5.74, 6) is -1.49. The Hall–Kier alpha value is -1.01. The lowest BCUT2D eigenvalue weighted by atomic mass is 10.1. The second-order valence-electron chi connectivity index (χ2n) is 4.92. The van der Waals surface area contributed by atoms with Crippen LogP contribution in [0.15, 0.2) is 18.2 Å². The normalized spacial score (nSPS) is 22.9. The maximum absolute atomic E-state index is 13.6. The third kappa shape index (κ3) is 3.55. The highest BCUT2D eigenvalue weighted by atomic mass is 79.9. The van der Waals surface area contributed by atoms with Crippen molar-refractivity contribution in [2.75, 3.05) is 18.5 Å². The molecule has 20 heavy (non-hydrogen) atoms. The van der Waals surface area contributed by atoms with E-state index in [-0.39, 0.29) is 30.0 Å². The van der Waals surface area contributed by atoms with Crippen LogP contribution < -0.4 is 0 Å². The Morgan fingerprint density at radius 1 is 1.50 bits per heavy atom. The molecule has 0 spiro atoms. The molecule has 1 amide bonds. The van der Waals surface area contributed by atoms with Crippen molar-refractivity contribution in [3.8, 4) is 0 Å². The van der Waals surface area contributed by atoms with Crippen molar-refractivity contribution < 1.29 is 18.3 Å². The Bertz CT molecular complexity index is 498. The first-order chi connectivity index (χ1) is 9.51. The average Bonchev–Trinajstić information content (AvgIpc) is 2.42. The first-order valence-corrected chi connectivity index (χ1v) is 7.54. The van der Waals surface area contributed by atoms with Crippen molar-refractivity contribution in [3.05, 3.63) is 35.4 Å². The molecule has 3 nitrogen and oxygen atoms in total. The Kier molecular flexibility index (Phi) is 5.10. The van der Waals surface area contributed by atoms with Gasteiger partial charge in [0.1, 0.15) is 11.6 Å². The fourth-order valence-electron chi connectivity index (χ4n) is 2.19. The van der Waals surface area contributed by atoms with Gasteiger partial charge in [-0.05, 0) is 18.6 Å². The van der Waals surface area contributed by atoms with E-state index in [1.165, 1.54) is 6.07 Å². The van der Waals surface area contributed by atoms with Gasteiger partial charge in [-0.15, -0.1) is 0 Å². The molecular weight excluding hydrogens is 332 g/mol. The summed E-state index contributed by atoms with van der Waals surface area (Å²) in [7, 11) is 0. The standard InChI is InChI=1S/C14H16BrF2NO2/c1-9-8-20-12(6-15)7-18(9)14(19)4-10-2-3-11(16)5-13(10)17/h2-3,5,9,12H,4,6-8H2,1H3. The summed E-state index contributed by atoms with van der Waals surface area (Å²) in [5, 5.41) is 0.647. The minimum atomic E-state index is -0.684. The average molecular weight is 348 g/mol. The summed E-state index contributed by atoms with van der Waals surface area (Å²) in [6.45, 7) is 2.84. The number of amides is 1. The van der Waals surface area contributed by atoms with Gasteiger partial charge in [0.2, 0.25) is 5.91 Å². The molecule has 0 N–H and O–H groups in total. The monoisotopic (exact) mass is 347 g/mol. The topological polar surface area (TPSA) is 29.5 Å². The smallest absolute Gasteiger partial charge is 0.227 e. The van der Waals surface area contributed by atoms with Crippen LogP contribution in [0.25, 0.3) is 0 Å². The van der Waals surface area contributed by atoms with Gasteiger partial charge in [0.15, 0.2) is 0 Å². The van der Waals surface area contributed by atoms with Crippen LogP contribution >= 0.6 is 15.9 Å². The molecule has 6 heteroatoms. The highest BCUT2D eigenvalue weighted by Gasteiger charge is 2.29.